The van der Waals surface area contributed by atoms with Crippen LogP contribution in [0.1, 0.15) is 22.3 Å². The topological polar surface area (TPSA) is 25.8 Å². The summed E-state index contributed by atoms with van der Waals surface area (Å²) < 4.78 is 0. The molecule has 1 aliphatic carbocycles. The van der Waals surface area contributed by atoms with E-state index < -0.39 is 5.41 Å². The van der Waals surface area contributed by atoms with Gasteiger partial charge < -0.3 is 0 Å². The van der Waals surface area contributed by atoms with Crippen LogP contribution in [0.4, 0.5) is 0 Å². The summed E-state index contributed by atoms with van der Waals surface area (Å²) >= 11 is 1.93. The quantitative estimate of drug-likeness (QED) is 0.186. The molecule has 2 nitrogen and oxygen atoms in total. The summed E-state index contributed by atoms with van der Waals surface area (Å²) in [5.74, 6) is 0.719. The molecule has 0 amide bonds. The Kier molecular flexibility index (Phi) is 6.43. The van der Waals surface area contributed by atoms with Crippen LogP contribution in [0.3, 0.4) is 0 Å². The van der Waals surface area contributed by atoms with Gasteiger partial charge in [-0.1, -0.05) is 188 Å². The lowest BCUT2D eigenvalue weighted by molar-refractivity contribution is 0.730. The molecule has 52 heavy (non-hydrogen) atoms. The molecular formula is C49H30N2S. The molecule has 0 saturated carbocycles. The molecule has 0 atom stereocenters. The minimum Gasteiger partial charge on any atom is -0.228 e. The van der Waals surface area contributed by atoms with E-state index in [1.165, 1.54) is 64.7 Å². The lowest BCUT2D eigenvalue weighted by Gasteiger charge is -2.41. The first-order valence-electron chi connectivity index (χ1n) is 17.7. The zero-order valence-corrected chi connectivity index (χ0v) is 28.9. The van der Waals surface area contributed by atoms with Crippen molar-refractivity contribution in [3.05, 3.63) is 204 Å². The maximum atomic E-state index is 5.41. The van der Waals surface area contributed by atoms with Crippen LogP contribution in [0.2, 0.25) is 0 Å². The average molecular weight is 679 g/mol. The molecule has 0 N–H and O–H groups in total. The van der Waals surface area contributed by atoms with Gasteiger partial charge in [-0.05, 0) is 61.0 Å². The molecule has 11 rings (SSSR count). The molecule has 0 saturated heterocycles. The normalized spacial score (nSPS) is 13.5. The Morgan fingerprint density at radius 1 is 0.385 bits per heavy atom. The summed E-state index contributed by atoms with van der Waals surface area (Å²) in [5, 5.41) is 5.07. The second-order valence-corrected chi connectivity index (χ2v) is 14.7. The number of benzene rings is 8. The highest BCUT2D eigenvalue weighted by Gasteiger charge is 2.52. The number of nitrogens with zero attached hydrogens (tertiary/aromatic N) is 2. The number of hydrogen-bond donors (Lipinski definition) is 0. The van der Waals surface area contributed by atoms with Crippen LogP contribution in [-0.4, -0.2) is 9.97 Å². The first kappa shape index (κ1) is 29.4. The highest BCUT2D eigenvalue weighted by molar-refractivity contribution is 8.00. The van der Waals surface area contributed by atoms with Crippen LogP contribution in [0.5, 0.6) is 0 Å². The van der Waals surface area contributed by atoms with Gasteiger partial charge in [-0.3, -0.25) is 0 Å². The van der Waals surface area contributed by atoms with E-state index in [4.69, 9.17) is 9.97 Å². The Labute approximate surface area is 306 Å². The Bertz CT molecular complexity index is 2740. The van der Waals surface area contributed by atoms with E-state index in [-0.39, 0.29) is 0 Å². The fourth-order valence-corrected chi connectivity index (χ4v) is 10.2. The summed E-state index contributed by atoms with van der Waals surface area (Å²) in [4.78, 5) is 13.2. The van der Waals surface area contributed by atoms with E-state index in [0.717, 1.165) is 33.9 Å². The predicted octanol–water partition coefficient (Wildman–Crippen LogP) is 12.6. The van der Waals surface area contributed by atoms with E-state index in [0.29, 0.717) is 0 Å². The molecule has 0 fully saturated rings. The third kappa shape index (κ3) is 4.14. The van der Waals surface area contributed by atoms with Crippen LogP contribution >= 0.6 is 11.8 Å². The third-order valence-corrected chi connectivity index (χ3v) is 12.2. The number of hydrogen-bond acceptors (Lipinski definition) is 3. The SMILES string of the molecule is c1ccc(-c2cc(-c3cccc4c3C3(c5ccccc5-4)c4ccc5ccccc5c4Sc4c3ccc3ccccc43)nc(-c3ccccc3)n2)cc1. The van der Waals surface area contributed by atoms with Crippen LogP contribution in [0.15, 0.2) is 192 Å². The smallest absolute Gasteiger partial charge is 0.160 e. The van der Waals surface area contributed by atoms with Crippen LogP contribution in [-0.2, 0) is 5.41 Å². The van der Waals surface area contributed by atoms with Crippen molar-refractivity contribution in [1.29, 1.82) is 0 Å². The van der Waals surface area contributed by atoms with E-state index in [1.54, 1.807) is 0 Å². The van der Waals surface area contributed by atoms with Crippen molar-refractivity contribution >= 4 is 33.3 Å². The zero-order valence-electron chi connectivity index (χ0n) is 28.1. The second-order valence-electron chi connectivity index (χ2n) is 13.6. The summed E-state index contributed by atoms with van der Waals surface area (Å²) in [6.07, 6.45) is 0. The number of aromatic nitrogens is 2. The molecule has 1 spiro atoms. The van der Waals surface area contributed by atoms with Crippen molar-refractivity contribution in [3.8, 4) is 45.0 Å². The van der Waals surface area contributed by atoms with Crippen molar-refractivity contribution in [2.75, 3.05) is 0 Å². The van der Waals surface area contributed by atoms with E-state index in [2.05, 4.69) is 176 Å². The van der Waals surface area contributed by atoms with Crippen molar-refractivity contribution in [2.45, 2.75) is 15.2 Å². The van der Waals surface area contributed by atoms with E-state index in [1.807, 2.05) is 17.8 Å². The lowest BCUT2D eigenvalue weighted by Crippen LogP contribution is -2.32. The van der Waals surface area contributed by atoms with Gasteiger partial charge in [0, 0.05) is 26.5 Å². The highest BCUT2D eigenvalue weighted by Crippen LogP contribution is 2.65. The molecule has 0 radical (unpaired) electrons. The molecular weight excluding hydrogens is 649 g/mol. The Balaban J connectivity index is 1.30. The Morgan fingerprint density at radius 3 is 1.62 bits per heavy atom. The molecule has 9 aromatic rings. The maximum absolute atomic E-state index is 5.41. The molecule has 1 aliphatic heterocycles. The molecule has 0 unspecified atom stereocenters. The van der Waals surface area contributed by atoms with Gasteiger partial charge in [0.05, 0.1) is 16.8 Å². The van der Waals surface area contributed by atoms with Crippen LogP contribution in [0, 0.1) is 0 Å². The van der Waals surface area contributed by atoms with Gasteiger partial charge in [0.1, 0.15) is 0 Å². The minimum absolute atomic E-state index is 0.586. The van der Waals surface area contributed by atoms with Gasteiger partial charge in [-0.2, -0.15) is 0 Å². The largest absolute Gasteiger partial charge is 0.228 e. The number of fused-ring (bicyclic) bond motifs is 13. The Hall–Kier alpha value is -6.29. The van der Waals surface area contributed by atoms with E-state index in [9.17, 15) is 0 Å². The first-order chi connectivity index (χ1) is 25.8. The lowest BCUT2D eigenvalue weighted by atomic mass is 9.65. The molecule has 242 valence electrons. The predicted molar refractivity (Wildman–Crippen MR) is 215 cm³/mol. The molecule has 2 aliphatic rings. The second kappa shape index (κ2) is 11.4. The minimum atomic E-state index is -0.586. The summed E-state index contributed by atoms with van der Waals surface area (Å²) in [6, 6.07) is 66.0. The molecule has 2 heterocycles. The monoisotopic (exact) mass is 678 g/mol. The van der Waals surface area contributed by atoms with Crippen molar-refractivity contribution in [1.82, 2.24) is 9.97 Å². The highest BCUT2D eigenvalue weighted by atomic mass is 32.2. The van der Waals surface area contributed by atoms with Gasteiger partial charge in [-0.15, -0.1) is 0 Å². The van der Waals surface area contributed by atoms with Crippen molar-refractivity contribution in [3.63, 3.8) is 0 Å². The third-order valence-electron chi connectivity index (χ3n) is 10.9. The zero-order chi connectivity index (χ0) is 34.2. The van der Waals surface area contributed by atoms with Crippen LogP contribution in [0.25, 0.3) is 66.6 Å². The van der Waals surface area contributed by atoms with Gasteiger partial charge in [-0.25, -0.2) is 9.97 Å². The molecule has 8 aromatic carbocycles. The summed E-state index contributed by atoms with van der Waals surface area (Å²) in [5.41, 5.74) is 12.2. The standard InChI is InChI=1S/C49H30N2S/c1-3-16-33(17-4-1)43-30-44(51-48(50-43)34-18-5-2-6-19-34)39-24-13-23-38-37-22-11-12-25-40(37)49(45(38)39)41-28-26-31-14-7-9-20-35(31)46(41)52-47-36-21-10-8-15-32(36)27-29-42(47)49/h1-30H. The molecule has 0 bridgehead atoms. The van der Waals surface area contributed by atoms with Crippen molar-refractivity contribution < 1.29 is 0 Å². The van der Waals surface area contributed by atoms with Gasteiger partial charge in [0.25, 0.3) is 0 Å². The molecule has 1 aromatic heterocycles. The van der Waals surface area contributed by atoms with Gasteiger partial charge in [0.15, 0.2) is 5.82 Å². The first-order valence-corrected chi connectivity index (χ1v) is 18.6. The summed E-state index contributed by atoms with van der Waals surface area (Å²) in [7, 11) is 0. The van der Waals surface area contributed by atoms with Crippen LogP contribution < -0.4 is 0 Å². The van der Waals surface area contributed by atoms with Crippen molar-refractivity contribution in [2.24, 2.45) is 0 Å². The fourth-order valence-electron chi connectivity index (χ4n) is 8.74. The average Bonchev–Trinajstić information content (AvgIpc) is 3.52. The fraction of sp³-hybridized carbons (Fsp3) is 0.0204. The number of rotatable bonds is 3. The van der Waals surface area contributed by atoms with E-state index >= 15 is 0 Å². The van der Waals surface area contributed by atoms with Gasteiger partial charge in [0.2, 0.25) is 0 Å². The Morgan fingerprint density at radius 2 is 0.923 bits per heavy atom. The van der Waals surface area contributed by atoms with Gasteiger partial charge >= 0.3 is 0 Å². The molecule has 3 heteroatoms. The summed E-state index contributed by atoms with van der Waals surface area (Å²) in [6.45, 7) is 0. The maximum Gasteiger partial charge on any atom is 0.160 e.